The van der Waals surface area contributed by atoms with Crippen LogP contribution in [0.4, 0.5) is 0 Å². The number of aliphatic hydroxyl groups is 1. The molecule has 8 nitrogen and oxygen atoms in total. The van der Waals surface area contributed by atoms with E-state index < -0.39 is 35.7 Å². The van der Waals surface area contributed by atoms with E-state index in [0.717, 1.165) is 0 Å². The lowest BCUT2D eigenvalue weighted by Crippen LogP contribution is -2.42. The van der Waals surface area contributed by atoms with Crippen LogP contribution in [0.25, 0.3) is 0 Å². The molecule has 3 aliphatic rings. The van der Waals surface area contributed by atoms with Gasteiger partial charge < -0.3 is 24.1 Å². The van der Waals surface area contributed by atoms with Crippen molar-refractivity contribution in [3.63, 3.8) is 0 Å². The van der Waals surface area contributed by atoms with Crippen molar-refractivity contribution in [2.24, 2.45) is 11.8 Å². The Morgan fingerprint density at radius 1 is 1.13 bits per heavy atom. The first-order valence-electron chi connectivity index (χ1n) is 7.24. The normalized spacial score (nSPS) is 36.5. The van der Waals surface area contributed by atoms with E-state index in [0.29, 0.717) is 6.42 Å². The van der Waals surface area contributed by atoms with Gasteiger partial charge in [-0.3, -0.25) is 4.79 Å². The van der Waals surface area contributed by atoms with Gasteiger partial charge in [0.2, 0.25) is 0 Å². The predicted octanol–water partition coefficient (Wildman–Crippen LogP) is -0.658. The van der Waals surface area contributed by atoms with E-state index in [9.17, 15) is 19.5 Å². The van der Waals surface area contributed by atoms with Crippen LogP contribution >= 0.6 is 0 Å². The molecule has 1 aliphatic carbocycles. The number of aliphatic hydroxyl groups excluding tert-OH is 1. The van der Waals surface area contributed by atoms with E-state index in [1.807, 2.05) is 0 Å². The number of methoxy groups -OCH3 is 2. The molecule has 2 fully saturated rings. The highest BCUT2D eigenvalue weighted by molar-refractivity contribution is 6.05. The average Bonchev–Trinajstić information content (AvgIpc) is 3.25. The van der Waals surface area contributed by atoms with Gasteiger partial charge in [0, 0.05) is 18.8 Å². The smallest absolute Gasteiger partial charge is 0.337 e. The molecular formula is C15H18O8. The number of hydrogen-bond acceptors (Lipinski definition) is 8. The van der Waals surface area contributed by atoms with Gasteiger partial charge in [-0.15, -0.1) is 0 Å². The summed E-state index contributed by atoms with van der Waals surface area (Å²) < 4.78 is 20.6. The van der Waals surface area contributed by atoms with Crippen molar-refractivity contribution in [3.8, 4) is 0 Å². The standard InChI is InChI=1S/C15H18O8/c1-7(17)22-6-15-9-4-8(9)14(5-16,23-15)10(12(18)20-2)11(15)13(19)21-3/h8-9,16H,4-6H2,1-3H3/t8-,9+,14-,15+/m0/s1. The Hall–Kier alpha value is -1.93. The molecule has 23 heavy (non-hydrogen) atoms. The lowest BCUT2D eigenvalue weighted by molar-refractivity contribution is -0.161. The SMILES string of the molecule is COC(=O)C1=C(C(=O)OC)[C@@]2(CO)O[C@]1(COC(C)=O)[C@@H]1C[C@@H]12. The molecule has 1 saturated carbocycles. The maximum Gasteiger partial charge on any atom is 0.337 e. The Bertz CT molecular complexity index is 623. The van der Waals surface area contributed by atoms with Crippen molar-refractivity contribution in [3.05, 3.63) is 11.1 Å². The van der Waals surface area contributed by atoms with Crippen molar-refractivity contribution < 1.29 is 38.4 Å². The van der Waals surface area contributed by atoms with Gasteiger partial charge >= 0.3 is 17.9 Å². The second-order valence-corrected chi connectivity index (χ2v) is 6.00. The van der Waals surface area contributed by atoms with Gasteiger partial charge in [-0.2, -0.15) is 0 Å². The van der Waals surface area contributed by atoms with E-state index in [1.165, 1.54) is 21.1 Å². The monoisotopic (exact) mass is 326 g/mol. The summed E-state index contributed by atoms with van der Waals surface area (Å²) in [5.74, 6) is -2.27. The van der Waals surface area contributed by atoms with E-state index >= 15 is 0 Å². The lowest BCUT2D eigenvalue weighted by Gasteiger charge is -2.29. The molecule has 0 radical (unpaired) electrons. The molecule has 0 aromatic carbocycles. The summed E-state index contributed by atoms with van der Waals surface area (Å²) in [5, 5.41) is 9.89. The lowest BCUT2D eigenvalue weighted by atomic mass is 9.77. The first-order chi connectivity index (χ1) is 10.9. The Morgan fingerprint density at radius 3 is 2.13 bits per heavy atom. The van der Waals surface area contributed by atoms with Crippen LogP contribution < -0.4 is 0 Å². The highest BCUT2D eigenvalue weighted by atomic mass is 16.6. The van der Waals surface area contributed by atoms with Crippen molar-refractivity contribution in [1.82, 2.24) is 0 Å². The molecule has 0 amide bonds. The van der Waals surface area contributed by atoms with E-state index in [1.54, 1.807) is 0 Å². The number of rotatable bonds is 5. The van der Waals surface area contributed by atoms with Crippen LogP contribution in [0.5, 0.6) is 0 Å². The van der Waals surface area contributed by atoms with Gasteiger partial charge in [-0.05, 0) is 6.42 Å². The molecule has 2 bridgehead atoms. The number of carbonyl (C=O) groups excluding carboxylic acids is 3. The van der Waals surface area contributed by atoms with Crippen LogP contribution in [0.3, 0.4) is 0 Å². The maximum absolute atomic E-state index is 12.3. The summed E-state index contributed by atoms with van der Waals surface area (Å²) in [6, 6.07) is 0. The fraction of sp³-hybridized carbons (Fsp3) is 0.667. The Kier molecular flexibility index (Phi) is 3.49. The van der Waals surface area contributed by atoms with E-state index in [2.05, 4.69) is 0 Å². The fourth-order valence-corrected chi connectivity index (χ4v) is 4.00. The van der Waals surface area contributed by atoms with Crippen molar-refractivity contribution in [2.75, 3.05) is 27.4 Å². The number of hydrogen-bond donors (Lipinski definition) is 1. The van der Waals surface area contributed by atoms with Gasteiger partial charge in [0.05, 0.1) is 32.0 Å². The minimum Gasteiger partial charge on any atom is -0.466 e. The van der Waals surface area contributed by atoms with Crippen LogP contribution in [0.15, 0.2) is 11.1 Å². The molecule has 1 N–H and O–H groups in total. The molecule has 126 valence electrons. The third-order valence-corrected chi connectivity index (χ3v) is 4.95. The molecule has 1 saturated heterocycles. The van der Waals surface area contributed by atoms with Gasteiger partial charge in [-0.25, -0.2) is 9.59 Å². The molecule has 0 spiro atoms. The molecule has 0 unspecified atom stereocenters. The predicted molar refractivity (Wildman–Crippen MR) is 72.9 cm³/mol. The zero-order valence-electron chi connectivity index (χ0n) is 13.1. The summed E-state index contributed by atoms with van der Waals surface area (Å²) in [5.41, 5.74) is -2.61. The fourth-order valence-electron chi connectivity index (χ4n) is 4.00. The van der Waals surface area contributed by atoms with Crippen molar-refractivity contribution >= 4 is 17.9 Å². The first kappa shape index (κ1) is 15.9. The largest absolute Gasteiger partial charge is 0.466 e. The van der Waals surface area contributed by atoms with Gasteiger partial charge in [0.15, 0.2) is 0 Å². The number of ether oxygens (including phenoxy) is 4. The Labute approximate surface area is 132 Å². The van der Waals surface area contributed by atoms with Crippen molar-refractivity contribution in [2.45, 2.75) is 24.5 Å². The second kappa shape index (κ2) is 5.04. The van der Waals surface area contributed by atoms with Gasteiger partial charge in [-0.1, -0.05) is 0 Å². The molecule has 0 aromatic heterocycles. The summed E-state index contributed by atoms with van der Waals surface area (Å²) in [4.78, 5) is 35.8. The van der Waals surface area contributed by atoms with Gasteiger partial charge in [0.1, 0.15) is 17.8 Å². The quantitative estimate of drug-likeness (QED) is 0.524. The maximum atomic E-state index is 12.3. The first-order valence-corrected chi connectivity index (χ1v) is 7.24. The van der Waals surface area contributed by atoms with Crippen molar-refractivity contribution in [1.29, 1.82) is 0 Å². The molecule has 8 heteroatoms. The van der Waals surface area contributed by atoms with Gasteiger partial charge in [0.25, 0.3) is 0 Å². The van der Waals surface area contributed by atoms with Crippen LogP contribution in [0.2, 0.25) is 0 Å². The number of esters is 3. The minimum absolute atomic E-state index is 0.0131. The molecule has 4 atom stereocenters. The van der Waals surface area contributed by atoms with Crippen LogP contribution in [0.1, 0.15) is 13.3 Å². The summed E-state index contributed by atoms with van der Waals surface area (Å²) >= 11 is 0. The van der Waals surface area contributed by atoms with Crippen LogP contribution in [-0.2, 0) is 33.3 Å². The summed E-state index contributed by atoms with van der Waals surface area (Å²) in [6.45, 7) is 0.560. The third-order valence-electron chi connectivity index (χ3n) is 4.95. The molecule has 2 aliphatic heterocycles. The summed E-state index contributed by atoms with van der Waals surface area (Å²) in [7, 11) is 2.37. The zero-order valence-corrected chi connectivity index (χ0v) is 13.1. The average molecular weight is 326 g/mol. The zero-order chi connectivity index (χ0) is 17.0. The topological polar surface area (TPSA) is 108 Å². The van der Waals surface area contributed by atoms with E-state index in [-0.39, 0.29) is 29.6 Å². The molecule has 3 rings (SSSR count). The van der Waals surface area contributed by atoms with Crippen LogP contribution in [-0.4, -0.2) is 61.6 Å². The molecular weight excluding hydrogens is 308 g/mol. The summed E-state index contributed by atoms with van der Waals surface area (Å²) in [6.07, 6.45) is 0.656. The van der Waals surface area contributed by atoms with Crippen LogP contribution in [0, 0.1) is 11.8 Å². The second-order valence-electron chi connectivity index (χ2n) is 6.00. The third kappa shape index (κ3) is 1.88. The number of fused-ring (bicyclic) bond motifs is 5. The molecule has 0 aromatic rings. The number of carbonyl (C=O) groups is 3. The Balaban J connectivity index is 2.15. The minimum atomic E-state index is -1.30. The highest BCUT2D eigenvalue weighted by Crippen LogP contribution is 2.71. The molecule has 2 heterocycles. The van der Waals surface area contributed by atoms with E-state index in [4.69, 9.17) is 18.9 Å². The Morgan fingerprint density at radius 2 is 1.65 bits per heavy atom. The highest BCUT2D eigenvalue weighted by Gasteiger charge is 2.80.